The van der Waals surface area contributed by atoms with Crippen molar-refractivity contribution in [3.05, 3.63) is 0 Å². The first kappa shape index (κ1) is 19.0. The highest BCUT2D eigenvalue weighted by molar-refractivity contribution is 4.86. The van der Waals surface area contributed by atoms with Crippen molar-refractivity contribution in [3.8, 4) is 0 Å². The third-order valence-electron chi connectivity index (χ3n) is 4.84. The summed E-state index contributed by atoms with van der Waals surface area (Å²) in [6.07, 6.45) is 6.77. The standard InChI is InChI=1S/C19H40N2/c1-18(2,3)12-13-20(7)15-17-11-9-10-16(21(17)8)14-19(4,5)6/h16-17H,9-15H2,1-8H3. The molecular weight excluding hydrogens is 256 g/mol. The van der Waals surface area contributed by atoms with Crippen molar-refractivity contribution in [1.29, 1.82) is 0 Å². The fraction of sp³-hybridized carbons (Fsp3) is 1.00. The van der Waals surface area contributed by atoms with E-state index in [1.165, 1.54) is 45.2 Å². The highest BCUT2D eigenvalue weighted by atomic mass is 15.2. The van der Waals surface area contributed by atoms with E-state index < -0.39 is 0 Å². The van der Waals surface area contributed by atoms with Gasteiger partial charge in [0.05, 0.1) is 0 Å². The number of likely N-dealkylation sites (N-methyl/N-ethyl adjacent to an activating group) is 2. The molecule has 0 spiro atoms. The Morgan fingerprint density at radius 3 is 2.05 bits per heavy atom. The van der Waals surface area contributed by atoms with Crippen LogP contribution in [0, 0.1) is 10.8 Å². The molecule has 0 aromatic carbocycles. The Kier molecular flexibility index (Phi) is 6.74. The SMILES string of the molecule is CN(CCC(C)(C)C)CC1CCCC(CC(C)(C)C)N1C. The van der Waals surface area contributed by atoms with Crippen LogP contribution in [0.15, 0.2) is 0 Å². The average Bonchev–Trinajstić information content (AvgIpc) is 2.29. The van der Waals surface area contributed by atoms with Crippen LogP contribution in [0.3, 0.4) is 0 Å². The third-order valence-corrected chi connectivity index (χ3v) is 4.84. The molecule has 1 fully saturated rings. The quantitative estimate of drug-likeness (QED) is 0.729. The van der Waals surface area contributed by atoms with Gasteiger partial charge in [-0.1, -0.05) is 48.0 Å². The van der Waals surface area contributed by atoms with Crippen LogP contribution in [0.4, 0.5) is 0 Å². The van der Waals surface area contributed by atoms with Gasteiger partial charge in [-0.25, -0.2) is 0 Å². The summed E-state index contributed by atoms with van der Waals surface area (Å²) in [5.41, 5.74) is 0.889. The van der Waals surface area contributed by atoms with Crippen LogP contribution in [-0.2, 0) is 0 Å². The molecule has 0 aliphatic carbocycles. The van der Waals surface area contributed by atoms with E-state index in [4.69, 9.17) is 0 Å². The van der Waals surface area contributed by atoms with E-state index in [-0.39, 0.29) is 0 Å². The second-order valence-corrected chi connectivity index (χ2v) is 9.74. The summed E-state index contributed by atoms with van der Waals surface area (Å²) in [5.74, 6) is 0. The zero-order valence-electron chi connectivity index (χ0n) is 16.0. The van der Waals surface area contributed by atoms with Gasteiger partial charge in [-0.3, -0.25) is 4.90 Å². The molecule has 0 saturated carbocycles. The number of likely N-dealkylation sites (tertiary alicyclic amines) is 1. The fourth-order valence-electron chi connectivity index (χ4n) is 3.44. The van der Waals surface area contributed by atoms with Crippen molar-refractivity contribution in [2.24, 2.45) is 10.8 Å². The largest absolute Gasteiger partial charge is 0.305 e. The second kappa shape index (κ2) is 7.46. The van der Waals surface area contributed by atoms with Crippen LogP contribution in [0.5, 0.6) is 0 Å². The lowest BCUT2D eigenvalue weighted by Gasteiger charge is -2.43. The molecule has 1 saturated heterocycles. The molecule has 2 atom stereocenters. The van der Waals surface area contributed by atoms with Gasteiger partial charge in [0.25, 0.3) is 0 Å². The third kappa shape index (κ3) is 7.65. The number of hydrogen-bond acceptors (Lipinski definition) is 2. The summed E-state index contributed by atoms with van der Waals surface area (Å²) in [5, 5.41) is 0. The first-order chi connectivity index (χ1) is 9.48. The maximum absolute atomic E-state index is 2.68. The molecule has 1 rings (SSSR count). The molecule has 2 heteroatoms. The van der Waals surface area contributed by atoms with Crippen LogP contribution in [-0.4, -0.2) is 49.1 Å². The summed E-state index contributed by atoms with van der Waals surface area (Å²) < 4.78 is 0. The minimum atomic E-state index is 0.443. The Morgan fingerprint density at radius 1 is 0.952 bits per heavy atom. The zero-order chi connectivity index (χ0) is 16.3. The van der Waals surface area contributed by atoms with Crippen molar-refractivity contribution in [3.63, 3.8) is 0 Å². The highest BCUT2D eigenvalue weighted by Crippen LogP contribution is 2.31. The molecule has 0 radical (unpaired) electrons. The van der Waals surface area contributed by atoms with Gasteiger partial charge in [-0.15, -0.1) is 0 Å². The molecule has 0 bridgehead atoms. The minimum absolute atomic E-state index is 0.443. The first-order valence-electron chi connectivity index (χ1n) is 8.88. The number of nitrogens with zero attached hydrogens (tertiary/aromatic N) is 2. The van der Waals surface area contributed by atoms with Crippen molar-refractivity contribution < 1.29 is 0 Å². The summed E-state index contributed by atoms with van der Waals surface area (Å²) in [7, 11) is 4.66. The van der Waals surface area contributed by atoms with Crippen LogP contribution >= 0.6 is 0 Å². The molecule has 2 nitrogen and oxygen atoms in total. The van der Waals surface area contributed by atoms with Crippen molar-refractivity contribution >= 4 is 0 Å². The summed E-state index contributed by atoms with van der Waals surface area (Å²) in [6.45, 7) is 16.6. The van der Waals surface area contributed by atoms with Crippen LogP contribution < -0.4 is 0 Å². The molecule has 1 aliphatic rings. The number of piperidine rings is 1. The zero-order valence-corrected chi connectivity index (χ0v) is 16.0. The van der Waals surface area contributed by atoms with Gasteiger partial charge in [0, 0.05) is 18.6 Å². The molecule has 126 valence electrons. The van der Waals surface area contributed by atoms with Crippen LogP contribution in [0.25, 0.3) is 0 Å². The Hall–Kier alpha value is -0.0800. The monoisotopic (exact) mass is 296 g/mol. The van der Waals surface area contributed by atoms with Gasteiger partial charge in [-0.05, 0) is 57.2 Å². The van der Waals surface area contributed by atoms with Gasteiger partial charge in [0.2, 0.25) is 0 Å². The van der Waals surface area contributed by atoms with E-state index in [0.717, 1.165) is 12.1 Å². The molecule has 0 N–H and O–H groups in total. The predicted molar refractivity (Wildman–Crippen MR) is 94.8 cm³/mol. The summed E-state index contributed by atoms with van der Waals surface area (Å²) >= 11 is 0. The Morgan fingerprint density at radius 2 is 1.52 bits per heavy atom. The molecular formula is C19H40N2. The highest BCUT2D eigenvalue weighted by Gasteiger charge is 2.30. The van der Waals surface area contributed by atoms with E-state index in [9.17, 15) is 0 Å². The van der Waals surface area contributed by atoms with Crippen LogP contribution in [0.1, 0.15) is 73.6 Å². The van der Waals surface area contributed by atoms with E-state index in [1.807, 2.05) is 0 Å². The van der Waals surface area contributed by atoms with Crippen molar-refractivity contribution in [2.75, 3.05) is 27.2 Å². The lowest BCUT2D eigenvalue weighted by molar-refractivity contribution is 0.0627. The lowest BCUT2D eigenvalue weighted by atomic mass is 9.83. The molecule has 21 heavy (non-hydrogen) atoms. The minimum Gasteiger partial charge on any atom is -0.305 e. The molecule has 2 unspecified atom stereocenters. The van der Waals surface area contributed by atoms with Gasteiger partial charge in [0.15, 0.2) is 0 Å². The molecule has 0 aromatic rings. The van der Waals surface area contributed by atoms with Crippen molar-refractivity contribution in [1.82, 2.24) is 9.80 Å². The topological polar surface area (TPSA) is 6.48 Å². The van der Waals surface area contributed by atoms with E-state index >= 15 is 0 Å². The maximum atomic E-state index is 2.68. The second-order valence-electron chi connectivity index (χ2n) is 9.74. The van der Waals surface area contributed by atoms with Gasteiger partial charge in [0.1, 0.15) is 0 Å². The average molecular weight is 297 g/mol. The van der Waals surface area contributed by atoms with E-state index in [1.54, 1.807) is 0 Å². The van der Waals surface area contributed by atoms with E-state index in [0.29, 0.717) is 10.8 Å². The van der Waals surface area contributed by atoms with Gasteiger partial charge < -0.3 is 4.90 Å². The smallest absolute Gasteiger partial charge is 0.0222 e. The van der Waals surface area contributed by atoms with Gasteiger partial charge >= 0.3 is 0 Å². The Labute approximate surface area is 134 Å². The normalized spacial score (nSPS) is 25.6. The van der Waals surface area contributed by atoms with Gasteiger partial charge in [-0.2, -0.15) is 0 Å². The molecule has 0 aromatic heterocycles. The number of rotatable bonds is 5. The fourth-order valence-corrected chi connectivity index (χ4v) is 3.44. The molecule has 0 amide bonds. The first-order valence-corrected chi connectivity index (χ1v) is 8.88. The van der Waals surface area contributed by atoms with Crippen LogP contribution in [0.2, 0.25) is 0 Å². The van der Waals surface area contributed by atoms with E-state index in [2.05, 4.69) is 65.4 Å². The summed E-state index contributed by atoms with van der Waals surface area (Å²) in [4.78, 5) is 5.23. The predicted octanol–water partition coefficient (Wildman–Crippen LogP) is 4.64. The van der Waals surface area contributed by atoms with Crippen molar-refractivity contribution in [2.45, 2.75) is 85.7 Å². The Bertz CT molecular complexity index is 298. The molecule has 1 heterocycles. The Balaban J connectivity index is 2.47. The maximum Gasteiger partial charge on any atom is 0.0222 e. The number of hydrogen-bond donors (Lipinski definition) is 0. The lowest BCUT2D eigenvalue weighted by Crippen LogP contribution is -2.50. The molecule has 1 aliphatic heterocycles. The summed E-state index contributed by atoms with van der Waals surface area (Å²) in [6, 6.07) is 1.52.